The third kappa shape index (κ3) is 1.88. The van der Waals surface area contributed by atoms with E-state index in [2.05, 4.69) is 10.3 Å². The van der Waals surface area contributed by atoms with Gasteiger partial charge in [-0.05, 0) is 31.9 Å². The molecule has 0 atom stereocenters. The first-order chi connectivity index (χ1) is 8.61. The molecule has 0 spiro atoms. The molecule has 0 amide bonds. The van der Waals surface area contributed by atoms with Gasteiger partial charge in [0.1, 0.15) is 11.6 Å². The number of aryl methyl sites for hydroxylation is 1. The summed E-state index contributed by atoms with van der Waals surface area (Å²) in [6.45, 7) is 1.89. The van der Waals surface area contributed by atoms with Crippen LogP contribution in [-0.2, 0) is 5.54 Å². The lowest BCUT2D eigenvalue weighted by molar-refractivity contribution is 0.532. The number of thiazole rings is 1. The lowest BCUT2D eigenvalue weighted by Gasteiger charge is -2.18. The predicted molar refractivity (Wildman–Crippen MR) is 67.7 cm³/mol. The Morgan fingerprint density at radius 2 is 1.94 bits per heavy atom. The highest BCUT2D eigenvalue weighted by Gasteiger charge is 2.48. The Balaban J connectivity index is 1.96. The first-order valence-corrected chi connectivity index (χ1v) is 6.63. The van der Waals surface area contributed by atoms with Crippen molar-refractivity contribution in [3.63, 3.8) is 0 Å². The van der Waals surface area contributed by atoms with E-state index in [0.29, 0.717) is 5.13 Å². The molecule has 1 aliphatic carbocycles. The van der Waals surface area contributed by atoms with Gasteiger partial charge >= 0.3 is 0 Å². The summed E-state index contributed by atoms with van der Waals surface area (Å²) < 4.78 is 27.6. The van der Waals surface area contributed by atoms with Gasteiger partial charge in [-0.2, -0.15) is 0 Å². The van der Waals surface area contributed by atoms with Crippen molar-refractivity contribution in [2.75, 3.05) is 5.32 Å². The van der Waals surface area contributed by atoms with Crippen LogP contribution in [0.25, 0.3) is 0 Å². The fourth-order valence-electron chi connectivity index (χ4n) is 2.13. The maximum absolute atomic E-state index is 13.8. The van der Waals surface area contributed by atoms with Crippen molar-refractivity contribution in [3.8, 4) is 0 Å². The zero-order chi connectivity index (χ0) is 12.8. The number of aromatic nitrogens is 1. The van der Waals surface area contributed by atoms with Crippen LogP contribution < -0.4 is 5.32 Å². The average molecular weight is 266 g/mol. The van der Waals surface area contributed by atoms with Crippen molar-refractivity contribution in [1.29, 1.82) is 0 Å². The van der Waals surface area contributed by atoms with E-state index in [-0.39, 0.29) is 5.56 Å². The normalized spacial score (nSPS) is 16.6. The lowest BCUT2D eigenvalue weighted by atomic mass is 10.0. The van der Waals surface area contributed by atoms with Gasteiger partial charge in [0.25, 0.3) is 0 Å². The highest BCUT2D eigenvalue weighted by atomic mass is 32.1. The van der Waals surface area contributed by atoms with Crippen molar-refractivity contribution < 1.29 is 8.78 Å². The van der Waals surface area contributed by atoms with Crippen LogP contribution in [0.2, 0.25) is 0 Å². The molecule has 3 rings (SSSR count). The maximum atomic E-state index is 13.8. The molecule has 0 radical (unpaired) electrons. The smallest absolute Gasteiger partial charge is 0.183 e. The molecular formula is C13H12F2N2S. The standard InChI is InChI=1S/C13H12F2N2S/c1-8-7-18-12(16-8)17-13(5-6-13)11-9(14)3-2-4-10(11)15/h2-4,7H,5-6H2,1H3,(H,16,17). The van der Waals surface area contributed by atoms with Crippen LogP contribution in [0.5, 0.6) is 0 Å². The Morgan fingerprint density at radius 3 is 2.44 bits per heavy atom. The predicted octanol–water partition coefficient (Wildman–Crippen LogP) is 3.83. The zero-order valence-corrected chi connectivity index (χ0v) is 10.7. The summed E-state index contributed by atoms with van der Waals surface area (Å²) in [5, 5.41) is 5.80. The van der Waals surface area contributed by atoms with Crippen LogP contribution in [0, 0.1) is 18.6 Å². The quantitative estimate of drug-likeness (QED) is 0.913. The molecule has 1 aromatic heterocycles. The number of hydrogen-bond acceptors (Lipinski definition) is 3. The van der Waals surface area contributed by atoms with E-state index in [4.69, 9.17) is 0 Å². The zero-order valence-electron chi connectivity index (χ0n) is 9.84. The number of benzene rings is 1. The topological polar surface area (TPSA) is 24.9 Å². The van der Waals surface area contributed by atoms with Crippen molar-refractivity contribution in [1.82, 2.24) is 4.98 Å². The van der Waals surface area contributed by atoms with Gasteiger partial charge in [0.05, 0.1) is 11.2 Å². The Morgan fingerprint density at radius 1 is 1.28 bits per heavy atom. The van der Waals surface area contributed by atoms with Gasteiger partial charge < -0.3 is 5.32 Å². The average Bonchev–Trinajstić information content (AvgIpc) is 2.95. The Labute approximate surface area is 108 Å². The van der Waals surface area contributed by atoms with Gasteiger partial charge in [-0.25, -0.2) is 13.8 Å². The molecule has 94 valence electrons. The molecule has 2 aromatic rings. The van der Waals surface area contributed by atoms with Crippen LogP contribution >= 0.6 is 11.3 Å². The minimum absolute atomic E-state index is 0.137. The van der Waals surface area contributed by atoms with E-state index < -0.39 is 17.2 Å². The van der Waals surface area contributed by atoms with Gasteiger partial charge in [-0.3, -0.25) is 0 Å². The van der Waals surface area contributed by atoms with Crippen molar-refractivity contribution in [2.24, 2.45) is 0 Å². The van der Waals surface area contributed by atoms with Crippen molar-refractivity contribution in [3.05, 3.63) is 46.5 Å². The molecule has 18 heavy (non-hydrogen) atoms. The molecule has 1 N–H and O–H groups in total. The van der Waals surface area contributed by atoms with Gasteiger partial charge in [0.15, 0.2) is 5.13 Å². The summed E-state index contributed by atoms with van der Waals surface area (Å²) in [5.74, 6) is -0.985. The minimum Gasteiger partial charge on any atom is -0.352 e. The highest BCUT2D eigenvalue weighted by Crippen LogP contribution is 2.50. The van der Waals surface area contributed by atoms with E-state index in [1.807, 2.05) is 12.3 Å². The van der Waals surface area contributed by atoms with Crippen LogP contribution in [0.15, 0.2) is 23.6 Å². The van der Waals surface area contributed by atoms with E-state index >= 15 is 0 Å². The van der Waals surface area contributed by atoms with Crippen LogP contribution in [0.1, 0.15) is 24.1 Å². The van der Waals surface area contributed by atoms with E-state index in [0.717, 1.165) is 18.5 Å². The minimum atomic E-state index is -0.611. The first kappa shape index (κ1) is 11.6. The highest BCUT2D eigenvalue weighted by molar-refractivity contribution is 7.13. The summed E-state index contributed by atoms with van der Waals surface area (Å²) in [6, 6.07) is 3.98. The SMILES string of the molecule is Cc1csc(NC2(c3c(F)cccc3F)CC2)n1. The first-order valence-electron chi connectivity index (χ1n) is 5.75. The van der Waals surface area contributed by atoms with Crippen LogP contribution in [-0.4, -0.2) is 4.98 Å². The third-order valence-corrected chi connectivity index (χ3v) is 4.03. The van der Waals surface area contributed by atoms with Gasteiger partial charge in [0.2, 0.25) is 0 Å². The molecule has 0 unspecified atom stereocenters. The van der Waals surface area contributed by atoms with Crippen LogP contribution in [0.4, 0.5) is 13.9 Å². The third-order valence-electron chi connectivity index (χ3n) is 3.16. The largest absolute Gasteiger partial charge is 0.352 e. The summed E-state index contributed by atoms with van der Waals surface area (Å²) >= 11 is 1.46. The Hall–Kier alpha value is -1.49. The summed E-state index contributed by atoms with van der Waals surface area (Å²) in [4.78, 5) is 4.28. The van der Waals surface area contributed by atoms with Gasteiger partial charge in [-0.15, -0.1) is 11.3 Å². The molecule has 1 fully saturated rings. The molecule has 0 saturated heterocycles. The van der Waals surface area contributed by atoms with Crippen LogP contribution in [0.3, 0.4) is 0 Å². The number of nitrogens with zero attached hydrogens (tertiary/aromatic N) is 1. The van der Waals surface area contributed by atoms with Crippen molar-refractivity contribution in [2.45, 2.75) is 25.3 Å². The Bertz CT molecular complexity index is 570. The summed E-state index contributed by atoms with van der Waals surface area (Å²) in [6.07, 6.45) is 1.45. The molecule has 2 nitrogen and oxygen atoms in total. The molecule has 1 heterocycles. The number of anilines is 1. The van der Waals surface area contributed by atoms with E-state index in [9.17, 15) is 8.78 Å². The molecule has 0 bridgehead atoms. The molecule has 5 heteroatoms. The second kappa shape index (κ2) is 4.02. The molecule has 1 aromatic carbocycles. The van der Waals surface area contributed by atoms with E-state index in [1.54, 1.807) is 0 Å². The molecule has 0 aliphatic heterocycles. The number of nitrogens with one attached hydrogen (secondary N) is 1. The Kier molecular flexibility index (Phi) is 2.59. The van der Waals surface area contributed by atoms with Gasteiger partial charge in [0, 0.05) is 10.9 Å². The monoisotopic (exact) mass is 266 g/mol. The molecule has 1 aliphatic rings. The lowest BCUT2D eigenvalue weighted by Crippen LogP contribution is -2.22. The number of halogens is 2. The van der Waals surface area contributed by atoms with E-state index in [1.165, 1.54) is 29.5 Å². The number of rotatable bonds is 3. The van der Waals surface area contributed by atoms with Crippen molar-refractivity contribution >= 4 is 16.5 Å². The second-order valence-electron chi connectivity index (χ2n) is 4.60. The fraction of sp³-hybridized carbons (Fsp3) is 0.308. The molecular weight excluding hydrogens is 254 g/mol. The summed E-state index contributed by atoms with van der Waals surface area (Å²) in [5.41, 5.74) is 0.435. The second-order valence-corrected chi connectivity index (χ2v) is 5.46. The summed E-state index contributed by atoms with van der Waals surface area (Å²) in [7, 11) is 0. The molecule has 1 saturated carbocycles. The maximum Gasteiger partial charge on any atom is 0.183 e. The number of hydrogen-bond donors (Lipinski definition) is 1. The fourth-order valence-corrected chi connectivity index (χ4v) is 2.92. The van der Waals surface area contributed by atoms with Gasteiger partial charge in [-0.1, -0.05) is 6.07 Å².